The van der Waals surface area contributed by atoms with Crippen molar-refractivity contribution in [1.82, 2.24) is 15.0 Å². The fourth-order valence-electron chi connectivity index (χ4n) is 2.48. The Labute approximate surface area is 161 Å². The average Bonchev–Trinajstić information content (AvgIpc) is 2.71. The predicted molar refractivity (Wildman–Crippen MR) is 103 cm³/mol. The smallest absolute Gasteiger partial charge is 0.340 e. The van der Waals surface area contributed by atoms with Crippen molar-refractivity contribution in [3.05, 3.63) is 58.4 Å². The van der Waals surface area contributed by atoms with Gasteiger partial charge in [-0.2, -0.15) is 4.68 Å². The lowest BCUT2D eigenvalue weighted by atomic mass is 10.2. The first-order valence-electron chi connectivity index (χ1n) is 8.80. The van der Waals surface area contributed by atoms with Gasteiger partial charge in [0.15, 0.2) is 18.2 Å². The Balaban J connectivity index is 1.73. The number of methoxy groups -OCH3 is 1. The Hall–Kier alpha value is -3.42. The van der Waals surface area contributed by atoms with Gasteiger partial charge in [-0.05, 0) is 36.2 Å². The van der Waals surface area contributed by atoms with Crippen LogP contribution in [0, 0.1) is 5.92 Å². The van der Waals surface area contributed by atoms with E-state index in [1.54, 1.807) is 36.4 Å². The maximum atomic E-state index is 12.4. The minimum absolute atomic E-state index is 0.274. The highest BCUT2D eigenvalue weighted by Gasteiger charge is 2.14. The van der Waals surface area contributed by atoms with Crippen molar-refractivity contribution in [3.8, 4) is 11.5 Å². The number of rotatable bonds is 7. The van der Waals surface area contributed by atoms with Gasteiger partial charge < -0.3 is 14.2 Å². The van der Waals surface area contributed by atoms with Crippen molar-refractivity contribution in [1.29, 1.82) is 0 Å². The SMILES string of the molecule is COc1cc(C(=O)OCn2nnc3ccccc3c2=O)ccc1OCC(C)C. The molecule has 0 bridgehead atoms. The van der Waals surface area contributed by atoms with Crippen LogP contribution >= 0.6 is 0 Å². The number of carbonyl (C=O) groups excluding carboxylic acids is 1. The van der Waals surface area contributed by atoms with E-state index in [0.29, 0.717) is 34.9 Å². The molecule has 3 aromatic rings. The predicted octanol–water partition coefficient (Wildman–Crippen LogP) is 2.65. The van der Waals surface area contributed by atoms with Gasteiger partial charge in [-0.15, -0.1) is 5.10 Å². The molecule has 146 valence electrons. The van der Waals surface area contributed by atoms with Gasteiger partial charge in [-0.3, -0.25) is 4.79 Å². The lowest BCUT2D eigenvalue weighted by Gasteiger charge is -2.13. The summed E-state index contributed by atoms with van der Waals surface area (Å²) in [5.41, 5.74) is 0.376. The second-order valence-electron chi connectivity index (χ2n) is 6.54. The van der Waals surface area contributed by atoms with Gasteiger partial charge in [0.1, 0.15) is 5.52 Å². The summed E-state index contributed by atoms with van der Waals surface area (Å²) < 4.78 is 17.2. The summed E-state index contributed by atoms with van der Waals surface area (Å²) >= 11 is 0. The number of aromatic nitrogens is 3. The number of esters is 1. The number of hydrogen-bond acceptors (Lipinski definition) is 7. The second kappa shape index (κ2) is 8.51. The molecule has 1 heterocycles. The summed E-state index contributed by atoms with van der Waals surface area (Å²) in [7, 11) is 1.50. The summed E-state index contributed by atoms with van der Waals surface area (Å²) in [5.74, 6) is 0.716. The van der Waals surface area contributed by atoms with Gasteiger partial charge in [0, 0.05) is 0 Å². The monoisotopic (exact) mass is 383 g/mol. The number of fused-ring (bicyclic) bond motifs is 1. The summed E-state index contributed by atoms with van der Waals surface area (Å²) in [5, 5.41) is 8.15. The minimum atomic E-state index is -0.615. The minimum Gasteiger partial charge on any atom is -0.493 e. The Morgan fingerprint density at radius 2 is 1.93 bits per heavy atom. The molecule has 0 aliphatic rings. The molecule has 0 radical (unpaired) electrons. The van der Waals surface area contributed by atoms with Crippen LogP contribution in [0.25, 0.3) is 10.9 Å². The van der Waals surface area contributed by atoms with Crippen LogP contribution in [0.4, 0.5) is 0 Å². The molecule has 3 rings (SSSR count). The van der Waals surface area contributed by atoms with Crippen LogP contribution in [0.2, 0.25) is 0 Å². The Morgan fingerprint density at radius 3 is 2.68 bits per heavy atom. The molecule has 8 nitrogen and oxygen atoms in total. The number of nitrogens with zero attached hydrogens (tertiary/aromatic N) is 3. The van der Waals surface area contributed by atoms with E-state index in [0.717, 1.165) is 4.68 Å². The van der Waals surface area contributed by atoms with Gasteiger partial charge >= 0.3 is 5.97 Å². The maximum Gasteiger partial charge on any atom is 0.340 e. The van der Waals surface area contributed by atoms with Crippen LogP contribution in [0.15, 0.2) is 47.3 Å². The van der Waals surface area contributed by atoms with Crippen molar-refractivity contribution < 1.29 is 19.0 Å². The highest BCUT2D eigenvalue weighted by atomic mass is 16.5. The Bertz CT molecular complexity index is 1050. The topological polar surface area (TPSA) is 92.5 Å². The molecule has 0 saturated heterocycles. The number of benzene rings is 2. The van der Waals surface area contributed by atoms with Crippen molar-refractivity contribution in [2.75, 3.05) is 13.7 Å². The first kappa shape index (κ1) is 19.3. The zero-order valence-electron chi connectivity index (χ0n) is 15.9. The van der Waals surface area contributed by atoms with E-state index in [9.17, 15) is 9.59 Å². The zero-order valence-corrected chi connectivity index (χ0v) is 15.9. The second-order valence-corrected chi connectivity index (χ2v) is 6.54. The van der Waals surface area contributed by atoms with Gasteiger partial charge in [-0.25, -0.2) is 4.79 Å². The first-order valence-corrected chi connectivity index (χ1v) is 8.80. The van der Waals surface area contributed by atoms with Crippen molar-refractivity contribution in [2.45, 2.75) is 20.6 Å². The van der Waals surface area contributed by atoms with Crippen molar-refractivity contribution >= 4 is 16.9 Å². The van der Waals surface area contributed by atoms with Crippen molar-refractivity contribution in [2.24, 2.45) is 5.92 Å². The molecule has 0 atom stereocenters. The van der Waals surface area contributed by atoms with Crippen LogP contribution in [0.3, 0.4) is 0 Å². The molecule has 0 spiro atoms. The molecule has 0 fully saturated rings. The summed E-state index contributed by atoms with van der Waals surface area (Å²) in [6.07, 6.45) is 0. The summed E-state index contributed by atoms with van der Waals surface area (Å²) in [6.45, 7) is 4.26. The summed E-state index contributed by atoms with van der Waals surface area (Å²) in [4.78, 5) is 24.7. The standard InChI is InChI=1S/C20H21N3O5/c1-13(2)11-27-17-9-8-14(10-18(17)26-3)20(25)28-12-23-19(24)15-6-4-5-7-16(15)21-22-23/h4-10,13H,11-12H2,1-3H3. The third-order valence-corrected chi connectivity index (χ3v) is 3.92. The van der Waals surface area contributed by atoms with Gasteiger partial charge in [-0.1, -0.05) is 31.2 Å². The van der Waals surface area contributed by atoms with Gasteiger partial charge in [0.05, 0.1) is 24.7 Å². The van der Waals surface area contributed by atoms with E-state index < -0.39 is 5.97 Å². The molecule has 0 N–H and O–H groups in total. The van der Waals surface area contributed by atoms with E-state index in [1.165, 1.54) is 13.2 Å². The van der Waals surface area contributed by atoms with Crippen LogP contribution in [0.5, 0.6) is 11.5 Å². The molecular weight excluding hydrogens is 362 g/mol. The van der Waals surface area contributed by atoms with Crippen LogP contribution < -0.4 is 15.0 Å². The van der Waals surface area contributed by atoms with E-state index in [-0.39, 0.29) is 17.9 Å². The highest BCUT2D eigenvalue weighted by molar-refractivity contribution is 5.90. The quantitative estimate of drug-likeness (QED) is 0.579. The third-order valence-electron chi connectivity index (χ3n) is 3.92. The number of ether oxygens (including phenoxy) is 3. The molecule has 0 aliphatic carbocycles. The van der Waals surface area contributed by atoms with E-state index >= 15 is 0 Å². The maximum absolute atomic E-state index is 12.4. The average molecular weight is 383 g/mol. The summed E-state index contributed by atoms with van der Waals surface area (Å²) in [6, 6.07) is 11.6. The fraction of sp³-hybridized carbons (Fsp3) is 0.300. The number of carbonyl (C=O) groups is 1. The number of hydrogen-bond donors (Lipinski definition) is 0. The van der Waals surface area contributed by atoms with Gasteiger partial charge in [0.25, 0.3) is 5.56 Å². The Kier molecular flexibility index (Phi) is 5.88. The fourth-order valence-corrected chi connectivity index (χ4v) is 2.48. The molecule has 0 saturated carbocycles. The zero-order chi connectivity index (χ0) is 20.1. The first-order chi connectivity index (χ1) is 13.5. The molecule has 8 heteroatoms. The van der Waals surface area contributed by atoms with E-state index in [2.05, 4.69) is 10.3 Å². The molecule has 0 unspecified atom stereocenters. The van der Waals surface area contributed by atoms with Crippen molar-refractivity contribution in [3.63, 3.8) is 0 Å². The highest BCUT2D eigenvalue weighted by Crippen LogP contribution is 2.28. The lowest BCUT2D eigenvalue weighted by molar-refractivity contribution is 0.0335. The molecule has 1 aromatic heterocycles. The molecule has 0 amide bonds. The molecule has 2 aromatic carbocycles. The normalized spacial score (nSPS) is 10.9. The van der Waals surface area contributed by atoms with Crippen LogP contribution in [0.1, 0.15) is 24.2 Å². The lowest BCUT2D eigenvalue weighted by Crippen LogP contribution is -2.26. The Morgan fingerprint density at radius 1 is 1.14 bits per heavy atom. The molecule has 28 heavy (non-hydrogen) atoms. The van der Waals surface area contributed by atoms with E-state index in [4.69, 9.17) is 14.2 Å². The van der Waals surface area contributed by atoms with Gasteiger partial charge in [0.2, 0.25) is 0 Å². The third kappa shape index (κ3) is 4.28. The van der Waals surface area contributed by atoms with Crippen LogP contribution in [-0.2, 0) is 11.5 Å². The van der Waals surface area contributed by atoms with E-state index in [1.807, 2.05) is 13.8 Å². The molecule has 0 aliphatic heterocycles. The van der Waals surface area contributed by atoms with Crippen LogP contribution in [-0.4, -0.2) is 34.7 Å². The largest absolute Gasteiger partial charge is 0.493 e. The molecular formula is C20H21N3O5.